The largest absolute Gasteiger partial charge is 0.462 e. The monoisotopic (exact) mass is 383 g/mol. The SMILES string of the molecule is CCOC(=O)c1ccccc1Nc1cnc(C(=O)N2CCN(CC)CC2)cn1. The summed E-state index contributed by atoms with van der Waals surface area (Å²) >= 11 is 0. The molecule has 1 fully saturated rings. The summed E-state index contributed by atoms with van der Waals surface area (Å²) in [4.78, 5) is 37.3. The van der Waals surface area contributed by atoms with Crippen molar-refractivity contribution in [3.8, 4) is 0 Å². The van der Waals surface area contributed by atoms with E-state index in [1.54, 1.807) is 30.0 Å². The van der Waals surface area contributed by atoms with E-state index in [2.05, 4.69) is 27.1 Å². The number of aromatic nitrogens is 2. The standard InChI is InChI=1S/C20H25N5O3/c1-3-24-9-11-25(12-10-24)19(26)17-13-22-18(14-21-17)23-16-8-6-5-7-15(16)20(27)28-4-2/h5-8,13-14H,3-4,9-12H2,1-2H3,(H,22,23). The van der Waals surface area contributed by atoms with Crippen LogP contribution < -0.4 is 5.32 Å². The van der Waals surface area contributed by atoms with Crippen molar-refractivity contribution < 1.29 is 14.3 Å². The number of para-hydroxylation sites is 1. The molecular formula is C20H25N5O3. The fraction of sp³-hybridized carbons (Fsp3) is 0.400. The Balaban J connectivity index is 1.67. The first-order valence-corrected chi connectivity index (χ1v) is 9.49. The smallest absolute Gasteiger partial charge is 0.340 e. The number of benzene rings is 1. The predicted octanol–water partition coefficient (Wildman–Crippen LogP) is 2.17. The minimum absolute atomic E-state index is 0.110. The Morgan fingerprint density at radius 3 is 2.46 bits per heavy atom. The van der Waals surface area contributed by atoms with Crippen molar-refractivity contribution in [2.75, 3.05) is 44.6 Å². The van der Waals surface area contributed by atoms with Crippen LogP contribution in [0.5, 0.6) is 0 Å². The zero-order valence-corrected chi connectivity index (χ0v) is 16.2. The number of hydrogen-bond acceptors (Lipinski definition) is 7. The summed E-state index contributed by atoms with van der Waals surface area (Å²) in [5.41, 5.74) is 1.30. The van der Waals surface area contributed by atoms with Crippen LogP contribution in [0.15, 0.2) is 36.7 Å². The van der Waals surface area contributed by atoms with Crippen LogP contribution in [0.1, 0.15) is 34.7 Å². The summed E-state index contributed by atoms with van der Waals surface area (Å²) in [7, 11) is 0. The van der Waals surface area contributed by atoms with Gasteiger partial charge in [-0.05, 0) is 25.6 Å². The number of ether oxygens (including phenoxy) is 1. The van der Waals surface area contributed by atoms with Crippen LogP contribution in [0.3, 0.4) is 0 Å². The molecule has 1 N–H and O–H groups in total. The highest BCUT2D eigenvalue weighted by Gasteiger charge is 2.22. The van der Waals surface area contributed by atoms with Gasteiger partial charge in [0.25, 0.3) is 5.91 Å². The van der Waals surface area contributed by atoms with Crippen LogP contribution in [0.2, 0.25) is 0 Å². The molecule has 0 bridgehead atoms. The summed E-state index contributed by atoms with van der Waals surface area (Å²) in [6, 6.07) is 7.03. The van der Waals surface area contributed by atoms with Crippen molar-refractivity contribution in [1.29, 1.82) is 0 Å². The van der Waals surface area contributed by atoms with Crippen molar-refractivity contribution >= 4 is 23.4 Å². The third-order valence-electron chi connectivity index (χ3n) is 4.66. The van der Waals surface area contributed by atoms with E-state index in [1.807, 2.05) is 6.07 Å². The second kappa shape index (κ2) is 9.27. The molecule has 0 unspecified atom stereocenters. The number of hydrogen-bond donors (Lipinski definition) is 1. The maximum atomic E-state index is 12.6. The Bertz CT molecular complexity index is 817. The molecule has 3 rings (SSSR count). The number of amides is 1. The van der Waals surface area contributed by atoms with E-state index in [9.17, 15) is 9.59 Å². The molecule has 0 aliphatic carbocycles. The predicted molar refractivity (Wildman–Crippen MR) is 106 cm³/mol. The van der Waals surface area contributed by atoms with Crippen molar-refractivity contribution in [3.05, 3.63) is 47.9 Å². The number of likely N-dealkylation sites (N-methyl/N-ethyl adjacent to an activating group) is 1. The lowest BCUT2D eigenvalue weighted by atomic mass is 10.2. The van der Waals surface area contributed by atoms with E-state index < -0.39 is 5.97 Å². The number of anilines is 2. The molecule has 1 aromatic heterocycles. The van der Waals surface area contributed by atoms with Crippen molar-refractivity contribution in [2.24, 2.45) is 0 Å². The molecule has 0 spiro atoms. The molecular weight excluding hydrogens is 358 g/mol. The highest BCUT2D eigenvalue weighted by Crippen LogP contribution is 2.20. The molecule has 28 heavy (non-hydrogen) atoms. The van der Waals surface area contributed by atoms with Gasteiger partial charge in [-0.25, -0.2) is 14.8 Å². The number of nitrogens with one attached hydrogen (secondary N) is 1. The summed E-state index contributed by atoms with van der Waals surface area (Å²) in [5, 5.41) is 3.06. The van der Waals surface area contributed by atoms with Crippen molar-refractivity contribution in [3.63, 3.8) is 0 Å². The number of carbonyl (C=O) groups is 2. The third-order valence-corrected chi connectivity index (χ3v) is 4.66. The summed E-state index contributed by atoms with van der Waals surface area (Å²) in [6.07, 6.45) is 2.96. The molecule has 1 amide bonds. The summed E-state index contributed by atoms with van der Waals surface area (Å²) in [5.74, 6) is -0.0672. The zero-order chi connectivity index (χ0) is 19.9. The van der Waals surface area contributed by atoms with Gasteiger partial charge in [0.05, 0.1) is 30.3 Å². The molecule has 0 atom stereocenters. The van der Waals surface area contributed by atoms with Gasteiger partial charge in [-0.15, -0.1) is 0 Å². The van der Waals surface area contributed by atoms with Gasteiger partial charge < -0.3 is 19.9 Å². The number of esters is 1. The van der Waals surface area contributed by atoms with Crippen LogP contribution in [0.4, 0.5) is 11.5 Å². The first-order chi connectivity index (χ1) is 13.6. The lowest BCUT2D eigenvalue weighted by Crippen LogP contribution is -2.48. The number of nitrogens with zero attached hydrogens (tertiary/aromatic N) is 4. The second-order valence-corrected chi connectivity index (χ2v) is 6.40. The number of rotatable bonds is 6. The van der Waals surface area contributed by atoms with Crippen molar-refractivity contribution in [2.45, 2.75) is 13.8 Å². The fourth-order valence-corrected chi connectivity index (χ4v) is 3.05. The zero-order valence-electron chi connectivity index (χ0n) is 16.2. The van der Waals surface area contributed by atoms with Crippen molar-refractivity contribution in [1.82, 2.24) is 19.8 Å². The normalized spacial score (nSPS) is 14.6. The molecule has 148 valence electrons. The highest BCUT2D eigenvalue weighted by atomic mass is 16.5. The first-order valence-electron chi connectivity index (χ1n) is 9.49. The van der Waals surface area contributed by atoms with Gasteiger partial charge in [0, 0.05) is 26.2 Å². The van der Waals surface area contributed by atoms with Crippen LogP contribution >= 0.6 is 0 Å². The van der Waals surface area contributed by atoms with E-state index >= 15 is 0 Å². The minimum atomic E-state index is -0.406. The summed E-state index contributed by atoms with van der Waals surface area (Å²) in [6.45, 7) is 8.32. The van der Waals surface area contributed by atoms with Gasteiger partial charge in [0.15, 0.2) is 0 Å². The van der Waals surface area contributed by atoms with E-state index in [-0.39, 0.29) is 5.91 Å². The van der Waals surface area contributed by atoms with Crippen LogP contribution in [-0.4, -0.2) is 71.0 Å². The Labute approximate surface area is 164 Å². The quantitative estimate of drug-likeness (QED) is 0.765. The van der Waals surface area contributed by atoms with Gasteiger partial charge in [0.2, 0.25) is 0 Å². The summed E-state index contributed by atoms with van der Waals surface area (Å²) < 4.78 is 5.07. The number of piperazine rings is 1. The maximum Gasteiger partial charge on any atom is 0.340 e. The maximum absolute atomic E-state index is 12.6. The van der Waals surface area contributed by atoms with Crippen LogP contribution in [0, 0.1) is 0 Å². The van der Waals surface area contributed by atoms with Crippen LogP contribution in [0.25, 0.3) is 0 Å². The lowest BCUT2D eigenvalue weighted by molar-refractivity contribution is 0.0527. The molecule has 1 saturated heterocycles. The lowest BCUT2D eigenvalue weighted by Gasteiger charge is -2.33. The van der Waals surface area contributed by atoms with E-state index in [4.69, 9.17) is 4.74 Å². The average Bonchev–Trinajstić information content (AvgIpc) is 2.74. The van der Waals surface area contributed by atoms with Gasteiger partial charge in [-0.1, -0.05) is 19.1 Å². The van der Waals surface area contributed by atoms with Crippen LogP contribution in [-0.2, 0) is 4.74 Å². The number of carbonyl (C=O) groups excluding carboxylic acids is 2. The molecule has 0 radical (unpaired) electrons. The topological polar surface area (TPSA) is 87.7 Å². The van der Waals surface area contributed by atoms with E-state index in [0.29, 0.717) is 42.5 Å². The highest BCUT2D eigenvalue weighted by molar-refractivity contribution is 5.96. The molecule has 1 aromatic carbocycles. The van der Waals surface area contributed by atoms with Gasteiger partial charge in [0.1, 0.15) is 11.5 Å². The Morgan fingerprint density at radius 1 is 1.07 bits per heavy atom. The Morgan fingerprint density at radius 2 is 1.82 bits per heavy atom. The molecule has 0 saturated carbocycles. The molecule has 1 aliphatic rings. The molecule has 1 aliphatic heterocycles. The van der Waals surface area contributed by atoms with Gasteiger partial charge in [-0.2, -0.15) is 0 Å². The molecule has 8 heteroatoms. The van der Waals surface area contributed by atoms with Gasteiger partial charge >= 0.3 is 5.97 Å². The van der Waals surface area contributed by atoms with E-state index in [0.717, 1.165) is 19.6 Å². The Kier molecular flexibility index (Phi) is 6.54. The molecule has 8 nitrogen and oxygen atoms in total. The molecule has 2 heterocycles. The Hall–Kier alpha value is -3.00. The van der Waals surface area contributed by atoms with E-state index in [1.165, 1.54) is 12.4 Å². The average molecular weight is 383 g/mol. The fourth-order valence-electron chi connectivity index (χ4n) is 3.05. The molecule has 2 aromatic rings. The third kappa shape index (κ3) is 4.64. The minimum Gasteiger partial charge on any atom is -0.462 e. The van der Waals surface area contributed by atoms with Gasteiger partial charge in [-0.3, -0.25) is 4.79 Å². The first kappa shape index (κ1) is 19.8. The second-order valence-electron chi connectivity index (χ2n) is 6.40.